The molecule has 8 heteroatoms. The van der Waals surface area contributed by atoms with Gasteiger partial charge in [-0.3, -0.25) is 0 Å². The lowest BCUT2D eigenvalue weighted by Crippen LogP contribution is -2.19. The van der Waals surface area contributed by atoms with Gasteiger partial charge in [-0.05, 0) is 31.5 Å². The van der Waals surface area contributed by atoms with Gasteiger partial charge >= 0.3 is 0 Å². The minimum atomic E-state index is -3.57. The summed E-state index contributed by atoms with van der Waals surface area (Å²) in [5.41, 5.74) is 4.01. The van der Waals surface area contributed by atoms with Crippen molar-refractivity contribution >= 4 is 21.7 Å². The van der Waals surface area contributed by atoms with Gasteiger partial charge in [-0.25, -0.2) is 8.42 Å². The quantitative estimate of drug-likeness (QED) is 0.657. The molecular weight excluding hydrogens is 374 g/mol. The lowest BCUT2D eigenvalue weighted by Gasteiger charge is -2.13. The summed E-state index contributed by atoms with van der Waals surface area (Å²) in [5, 5.41) is 7.37. The lowest BCUT2D eigenvalue weighted by atomic mass is 10.1. The zero-order valence-electron chi connectivity index (χ0n) is 16.5. The van der Waals surface area contributed by atoms with E-state index in [1.165, 1.54) is 0 Å². The summed E-state index contributed by atoms with van der Waals surface area (Å²) in [4.78, 5) is 6.46. The Morgan fingerprint density at radius 1 is 1.04 bits per heavy atom. The van der Waals surface area contributed by atoms with Crippen molar-refractivity contribution in [3.05, 3.63) is 59.7 Å². The molecule has 0 saturated carbocycles. The van der Waals surface area contributed by atoms with Crippen molar-refractivity contribution in [3.8, 4) is 11.4 Å². The minimum Gasteiger partial charge on any atom is -0.378 e. The second-order valence-electron chi connectivity index (χ2n) is 6.78. The molecule has 3 aromatic rings. The topological polar surface area (TPSA) is 80.1 Å². The van der Waals surface area contributed by atoms with Gasteiger partial charge in [0.2, 0.25) is 5.95 Å². The third-order valence-corrected chi connectivity index (χ3v) is 5.93. The molecule has 3 rings (SSSR count). The van der Waals surface area contributed by atoms with Crippen molar-refractivity contribution in [2.45, 2.75) is 20.4 Å². The van der Waals surface area contributed by atoms with Crippen LogP contribution in [-0.2, 0) is 16.6 Å². The minimum absolute atomic E-state index is 0.0596. The van der Waals surface area contributed by atoms with Gasteiger partial charge in [0.15, 0.2) is 5.82 Å². The van der Waals surface area contributed by atoms with E-state index in [0.29, 0.717) is 12.4 Å². The third kappa shape index (κ3) is 4.33. The van der Waals surface area contributed by atoms with E-state index in [0.717, 1.165) is 26.5 Å². The fourth-order valence-electron chi connectivity index (χ4n) is 2.64. The van der Waals surface area contributed by atoms with Gasteiger partial charge in [0.1, 0.15) is 0 Å². The van der Waals surface area contributed by atoms with Gasteiger partial charge in [0.05, 0.1) is 5.75 Å². The van der Waals surface area contributed by atoms with Gasteiger partial charge in [0.25, 0.3) is 10.0 Å². The average molecular weight is 400 g/mol. The van der Waals surface area contributed by atoms with Crippen LogP contribution in [0.15, 0.2) is 48.5 Å². The van der Waals surface area contributed by atoms with E-state index < -0.39 is 10.0 Å². The van der Waals surface area contributed by atoms with Gasteiger partial charge in [0, 0.05) is 31.9 Å². The van der Waals surface area contributed by atoms with Crippen LogP contribution >= 0.6 is 0 Å². The van der Waals surface area contributed by atoms with Crippen molar-refractivity contribution in [1.29, 1.82) is 0 Å². The lowest BCUT2D eigenvalue weighted by molar-refractivity contribution is 0.582. The highest BCUT2D eigenvalue weighted by atomic mass is 32.2. The summed E-state index contributed by atoms with van der Waals surface area (Å²) in [6.07, 6.45) is 0. The van der Waals surface area contributed by atoms with Crippen LogP contribution in [0.3, 0.4) is 0 Å². The number of rotatable bonds is 7. The van der Waals surface area contributed by atoms with Crippen LogP contribution in [-0.4, -0.2) is 42.4 Å². The summed E-state index contributed by atoms with van der Waals surface area (Å²) in [7, 11) is 0.396. The number of aromatic nitrogens is 3. The number of hydrogen-bond acceptors (Lipinski definition) is 6. The molecule has 28 heavy (non-hydrogen) atoms. The van der Waals surface area contributed by atoms with Crippen LogP contribution in [0, 0.1) is 6.92 Å². The molecule has 1 aromatic heterocycles. The normalized spacial score (nSPS) is 11.4. The monoisotopic (exact) mass is 399 g/mol. The third-order valence-electron chi connectivity index (χ3n) is 4.42. The van der Waals surface area contributed by atoms with Crippen molar-refractivity contribution in [2.24, 2.45) is 0 Å². The number of hydrogen-bond donors (Lipinski definition) is 1. The maximum absolute atomic E-state index is 12.5. The molecule has 0 fully saturated rings. The summed E-state index contributed by atoms with van der Waals surface area (Å²) in [6.45, 7) is 4.03. The SMILES string of the molecule is CCS(=O)(=O)n1nc(-c2ccc(C)cc2)nc1NCc1ccc(N(C)C)cc1. The second kappa shape index (κ2) is 8.02. The Morgan fingerprint density at radius 3 is 2.25 bits per heavy atom. The van der Waals surface area contributed by atoms with Gasteiger partial charge < -0.3 is 10.2 Å². The molecule has 1 N–H and O–H groups in total. The van der Waals surface area contributed by atoms with Crippen molar-refractivity contribution < 1.29 is 8.42 Å². The van der Waals surface area contributed by atoms with Crippen LogP contribution < -0.4 is 10.2 Å². The molecule has 0 unspecified atom stereocenters. The zero-order valence-corrected chi connectivity index (χ0v) is 17.4. The van der Waals surface area contributed by atoms with E-state index in [2.05, 4.69) is 15.4 Å². The van der Waals surface area contributed by atoms with Crippen molar-refractivity contribution in [2.75, 3.05) is 30.1 Å². The summed E-state index contributed by atoms with van der Waals surface area (Å²) >= 11 is 0. The maximum atomic E-state index is 12.5. The Labute approximate surface area is 166 Å². The Kier molecular flexibility index (Phi) is 5.69. The number of nitrogens with one attached hydrogen (secondary N) is 1. The second-order valence-corrected chi connectivity index (χ2v) is 8.87. The van der Waals surface area contributed by atoms with E-state index in [4.69, 9.17) is 0 Å². The first-order chi connectivity index (χ1) is 13.3. The standard InChI is InChI=1S/C20H25N5O2S/c1-5-28(26,27)25-20(21-14-16-8-12-18(13-9-16)24(3)4)22-19(23-25)17-10-6-15(2)7-11-17/h6-13H,5,14H2,1-4H3,(H,21,22,23). The van der Waals surface area contributed by atoms with Gasteiger partial charge in [-0.1, -0.05) is 42.0 Å². The smallest absolute Gasteiger partial charge is 0.256 e. The molecule has 148 valence electrons. The predicted molar refractivity (Wildman–Crippen MR) is 113 cm³/mol. The van der Waals surface area contributed by atoms with Crippen molar-refractivity contribution in [3.63, 3.8) is 0 Å². The molecule has 1 heterocycles. The van der Waals surface area contributed by atoms with Crippen LogP contribution in [0.25, 0.3) is 11.4 Å². The molecule has 0 bridgehead atoms. The molecule has 0 radical (unpaired) electrons. The summed E-state index contributed by atoms with van der Waals surface area (Å²) in [5.74, 6) is 0.534. The fourth-order valence-corrected chi connectivity index (χ4v) is 3.46. The number of benzene rings is 2. The first kappa shape index (κ1) is 19.9. The van der Waals surface area contributed by atoms with Crippen LogP contribution in [0.5, 0.6) is 0 Å². The van der Waals surface area contributed by atoms with Gasteiger partial charge in [-0.2, -0.15) is 4.98 Å². The fraction of sp³-hybridized carbons (Fsp3) is 0.300. The molecule has 0 aliphatic heterocycles. The summed E-state index contributed by atoms with van der Waals surface area (Å²) in [6, 6.07) is 15.7. The zero-order chi connectivity index (χ0) is 20.3. The van der Waals surface area contributed by atoms with Crippen LogP contribution in [0.2, 0.25) is 0 Å². The first-order valence-corrected chi connectivity index (χ1v) is 10.7. The molecule has 0 amide bonds. The van der Waals surface area contributed by atoms with Gasteiger partial charge in [-0.15, -0.1) is 9.19 Å². The highest BCUT2D eigenvalue weighted by molar-refractivity contribution is 7.89. The van der Waals surface area contributed by atoms with Crippen LogP contribution in [0.4, 0.5) is 11.6 Å². The molecule has 0 saturated heterocycles. The molecule has 0 atom stereocenters. The first-order valence-electron chi connectivity index (χ1n) is 9.07. The molecule has 7 nitrogen and oxygen atoms in total. The van der Waals surface area contributed by atoms with Crippen LogP contribution in [0.1, 0.15) is 18.1 Å². The van der Waals surface area contributed by atoms with E-state index in [1.54, 1.807) is 6.92 Å². The molecule has 0 aliphatic carbocycles. The molecular formula is C20H25N5O2S. The Bertz CT molecular complexity index is 1040. The predicted octanol–water partition coefficient (Wildman–Crippen LogP) is 3.13. The molecule has 0 aliphatic rings. The average Bonchev–Trinajstić information content (AvgIpc) is 3.12. The van der Waals surface area contributed by atoms with Crippen molar-refractivity contribution in [1.82, 2.24) is 14.2 Å². The highest BCUT2D eigenvalue weighted by Crippen LogP contribution is 2.21. The van der Waals surface area contributed by atoms with E-state index in [-0.39, 0.29) is 11.7 Å². The Morgan fingerprint density at radius 2 is 1.68 bits per heavy atom. The summed E-state index contributed by atoms with van der Waals surface area (Å²) < 4.78 is 25.9. The molecule has 0 spiro atoms. The Hall–Kier alpha value is -2.87. The van der Waals surface area contributed by atoms with E-state index in [1.807, 2.05) is 74.4 Å². The largest absolute Gasteiger partial charge is 0.378 e. The maximum Gasteiger partial charge on any atom is 0.256 e. The highest BCUT2D eigenvalue weighted by Gasteiger charge is 2.20. The van der Waals surface area contributed by atoms with E-state index >= 15 is 0 Å². The molecule has 2 aromatic carbocycles. The van der Waals surface area contributed by atoms with E-state index in [9.17, 15) is 8.42 Å². The number of aryl methyl sites for hydroxylation is 1. The number of anilines is 2. The number of nitrogens with zero attached hydrogens (tertiary/aromatic N) is 4. The Balaban J connectivity index is 1.89.